The molecule has 6 nitrogen and oxygen atoms in total. The van der Waals surface area contributed by atoms with Gasteiger partial charge in [-0.3, -0.25) is 4.90 Å². The average Bonchev–Trinajstić information content (AvgIpc) is 2.95. The lowest BCUT2D eigenvalue weighted by Crippen LogP contribution is -2.47. The van der Waals surface area contributed by atoms with Gasteiger partial charge in [0, 0.05) is 26.2 Å². The van der Waals surface area contributed by atoms with E-state index in [1.807, 2.05) is 0 Å². The van der Waals surface area contributed by atoms with Gasteiger partial charge in [0.15, 0.2) is 0 Å². The molecule has 8 heteroatoms. The summed E-state index contributed by atoms with van der Waals surface area (Å²) in [5.74, 6) is 0. The fourth-order valence-electron chi connectivity index (χ4n) is 2.07. The Labute approximate surface area is 124 Å². The molecule has 1 aliphatic rings. The summed E-state index contributed by atoms with van der Waals surface area (Å²) in [4.78, 5) is 2.25. The van der Waals surface area contributed by atoms with Crippen LogP contribution in [0.25, 0.3) is 0 Å². The molecule has 3 N–H and O–H groups in total. The smallest absolute Gasteiger partial charge is 0.250 e. The van der Waals surface area contributed by atoms with E-state index in [9.17, 15) is 8.42 Å². The number of ether oxygens (including phenoxy) is 1. The summed E-state index contributed by atoms with van der Waals surface area (Å²) in [6.45, 7) is 6.01. The molecule has 20 heavy (non-hydrogen) atoms. The number of nitrogens with zero attached hydrogens (tertiary/aromatic N) is 1. The number of likely N-dealkylation sites (N-methyl/N-ethyl adjacent to an activating group) is 1. The second kappa shape index (κ2) is 6.97. The first-order valence-electron chi connectivity index (χ1n) is 6.66. The van der Waals surface area contributed by atoms with Crippen LogP contribution in [0.1, 0.15) is 12.5 Å². The van der Waals surface area contributed by atoms with Crippen molar-refractivity contribution in [1.82, 2.24) is 9.62 Å². The van der Waals surface area contributed by atoms with E-state index in [0.29, 0.717) is 23.9 Å². The normalized spacial score (nSPS) is 21.2. The predicted octanol–water partition coefficient (Wildman–Crippen LogP) is 0.206. The molecule has 0 spiro atoms. The van der Waals surface area contributed by atoms with Crippen LogP contribution in [0.15, 0.2) is 15.7 Å². The van der Waals surface area contributed by atoms with Crippen molar-refractivity contribution < 1.29 is 13.2 Å². The van der Waals surface area contributed by atoms with Gasteiger partial charge in [0.2, 0.25) is 10.0 Å². The number of rotatable bonds is 6. The third-order valence-electron chi connectivity index (χ3n) is 3.30. The largest absolute Gasteiger partial charge is 0.374 e. The van der Waals surface area contributed by atoms with Gasteiger partial charge in [-0.1, -0.05) is 6.92 Å². The van der Waals surface area contributed by atoms with E-state index in [4.69, 9.17) is 10.5 Å². The van der Waals surface area contributed by atoms with E-state index in [1.165, 1.54) is 11.3 Å². The van der Waals surface area contributed by atoms with Crippen molar-refractivity contribution in [2.45, 2.75) is 23.8 Å². The summed E-state index contributed by atoms with van der Waals surface area (Å²) in [6, 6.07) is 1.62. The monoisotopic (exact) mass is 319 g/mol. The Bertz CT molecular complexity index is 530. The van der Waals surface area contributed by atoms with E-state index in [0.717, 1.165) is 25.2 Å². The molecule has 1 unspecified atom stereocenters. The maximum absolute atomic E-state index is 12.1. The van der Waals surface area contributed by atoms with Gasteiger partial charge in [-0.2, -0.15) is 0 Å². The number of sulfonamides is 1. The molecule has 1 saturated heterocycles. The van der Waals surface area contributed by atoms with Crippen LogP contribution >= 0.6 is 11.3 Å². The molecule has 0 saturated carbocycles. The second-order valence-corrected chi connectivity index (χ2v) is 7.62. The topological polar surface area (TPSA) is 84.7 Å². The first-order valence-corrected chi connectivity index (χ1v) is 9.02. The SMILES string of the molecule is CCN1CCOC(CNS(=O)(=O)c2cc(CN)cs2)C1. The van der Waals surface area contributed by atoms with Gasteiger partial charge in [-0.05, 0) is 23.6 Å². The second-order valence-electron chi connectivity index (χ2n) is 4.72. The van der Waals surface area contributed by atoms with Crippen LogP contribution in [0, 0.1) is 0 Å². The van der Waals surface area contributed by atoms with Crippen LogP contribution in [0.4, 0.5) is 0 Å². The van der Waals surface area contributed by atoms with E-state index in [-0.39, 0.29) is 6.10 Å². The first-order chi connectivity index (χ1) is 9.55. The highest BCUT2D eigenvalue weighted by atomic mass is 32.2. The highest BCUT2D eigenvalue weighted by molar-refractivity contribution is 7.91. The Morgan fingerprint density at radius 3 is 3.05 bits per heavy atom. The quantitative estimate of drug-likeness (QED) is 0.783. The predicted molar refractivity (Wildman–Crippen MR) is 79.3 cm³/mol. The van der Waals surface area contributed by atoms with Crippen molar-refractivity contribution in [3.8, 4) is 0 Å². The molecule has 1 aliphatic heterocycles. The zero-order valence-electron chi connectivity index (χ0n) is 11.5. The summed E-state index contributed by atoms with van der Waals surface area (Å²) in [5.41, 5.74) is 6.33. The molecular formula is C12H21N3O3S2. The van der Waals surface area contributed by atoms with Crippen LogP contribution in [0.5, 0.6) is 0 Å². The molecular weight excluding hydrogens is 298 g/mol. The highest BCUT2D eigenvalue weighted by Gasteiger charge is 2.23. The molecule has 2 rings (SSSR count). The van der Waals surface area contributed by atoms with E-state index < -0.39 is 10.0 Å². The van der Waals surface area contributed by atoms with Crippen molar-refractivity contribution in [2.75, 3.05) is 32.8 Å². The van der Waals surface area contributed by atoms with Crippen molar-refractivity contribution >= 4 is 21.4 Å². The van der Waals surface area contributed by atoms with Crippen LogP contribution < -0.4 is 10.5 Å². The van der Waals surface area contributed by atoms with Gasteiger partial charge in [0.05, 0.1) is 12.7 Å². The van der Waals surface area contributed by atoms with Gasteiger partial charge in [-0.15, -0.1) is 11.3 Å². The Kier molecular flexibility index (Phi) is 5.53. The molecule has 1 fully saturated rings. The third kappa shape index (κ3) is 4.00. The summed E-state index contributed by atoms with van der Waals surface area (Å²) in [7, 11) is -3.46. The van der Waals surface area contributed by atoms with Gasteiger partial charge < -0.3 is 10.5 Å². The number of morpholine rings is 1. The Hall–Kier alpha value is -0.510. The van der Waals surface area contributed by atoms with E-state index in [1.54, 1.807) is 11.4 Å². The first kappa shape index (κ1) is 15.9. The third-order valence-corrected chi connectivity index (χ3v) is 6.21. The lowest BCUT2D eigenvalue weighted by Gasteiger charge is -2.32. The van der Waals surface area contributed by atoms with Crippen LogP contribution in [0.2, 0.25) is 0 Å². The molecule has 0 aliphatic carbocycles. The van der Waals surface area contributed by atoms with Gasteiger partial charge in [-0.25, -0.2) is 13.1 Å². The summed E-state index contributed by atoms with van der Waals surface area (Å²) < 4.78 is 32.8. The number of nitrogens with two attached hydrogens (primary N) is 1. The standard InChI is InChI=1S/C12H21N3O3S2/c1-2-15-3-4-18-11(8-15)7-14-20(16,17)12-5-10(6-13)9-19-12/h5,9,11,14H,2-4,6-8,13H2,1H3. The van der Waals surface area contributed by atoms with E-state index >= 15 is 0 Å². The highest BCUT2D eigenvalue weighted by Crippen LogP contribution is 2.19. The minimum Gasteiger partial charge on any atom is -0.374 e. The molecule has 1 atom stereocenters. The summed E-state index contributed by atoms with van der Waals surface area (Å²) in [6.07, 6.45) is -0.0904. The summed E-state index contributed by atoms with van der Waals surface area (Å²) in [5, 5.41) is 1.77. The average molecular weight is 319 g/mol. The van der Waals surface area contributed by atoms with E-state index in [2.05, 4.69) is 16.5 Å². The minimum atomic E-state index is -3.46. The zero-order valence-corrected chi connectivity index (χ0v) is 13.2. The molecule has 0 amide bonds. The minimum absolute atomic E-state index is 0.0904. The van der Waals surface area contributed by atoms with Gasteiger partial charge >= 0.3 is 0 Å². The number of hydrogen-bond donors (Lipinski definition) is 2. The number of thiophene rings is 1. The Balaban J connectivity index is 1.92. The molecule has 2 heterocycles. The van der Waals surface area contributed by atoms with Crippen molar-refractivity contribution in [2.24, 2.45) is 5.73 Å². The number of hydrogen-bond acceptors (Lipinski definition) is 6. The molecule has 0 aromatic carbocycles. The molecule has 0 radical (unpaired) electrons. The van der Waals surface area contributed by atoms with Crippen molar-refractivity contribution in [3.63, 3.8) is 0 Å². The number of nitrogens with one attached hydrogen (secondary N) is 1. The van der Waals surface area contributed by atoms with Gasteiger partial charge in [0.25, 0.3) is 0 Å². The fourth-order valence-corrected chi connectivity index (χ4v) is 4.40. The Morgan fingerprint density at radius 2 is 2.40 bits per heavy atom. The zero-order chi connectivity index (χ0) is 14.6. The molecule has 1 aromatic heterocycles. The van der Waals surface area contributed by atoms with Crippen LogP contribution in [0.3, 0.4) is 0 Å². The molecule has 114 valence electrons. The van der Waals surface area contributed by atoms with Crippen LogP contribution in [-0.4, -0.2) is 52.2 Å². The van der Waals surface area contributed by atoms with Crippen LogP contribution in [-0.2, 0) is 21.3 Å². The summed E-state index contributed by atoms with van der Waals surface area (Å²) >= 11 is 1.19. The Morgan fingerprint density at radius 1 is 1.60 bits per heavy atom. The lowest BCUT2D eigenvalue weighted by molar-refractivity contribution is -0.0229. The van der Waals surface area contributed by atoms with Crippen molar-refractivity contribution in [3.05, 3.63) is 17.0 Å². The lowest BCUT2D eigenvalue weighted by atomic mass is 10.3. The maximum atomic E-state index is 12.1. The fraction of sp³-hybridized carbons (Fsp3) is 0.667. The van der Waals surface area contributed by atoms with Gasteiger partial charge in [0.1, 0.15) is 4.21 Å². The molecule has 1 aromatic rings. The van der Waals surface area contributed by atoms with Crippen molar-refractivity contribution in [1.29, 1.82) is 0 Å². The maximum Gasteiger partial charge on any atom is 0.250 e. The molecule has 0 bridgehead atoms.